The fourth-order valence-electron chi connectivity index (χ4n) is 1.45. The molecule has 18 heavy (non-hydrogen) atoms. The second-order valence-corrected chi connectivity index (χ2v) is 4.02. The van der Waals surface area contributed by atoms with Gasteiger partial charge in [0.05, 0.1) is 6.54 Å². The topological polar surface area (TPSA) is 61.4 Å². The van der Waals surface area contributed by atoms with Gasteiger partial charge in [0.1, 0.15) is 0 Å². The molecule has 0 unspecified atom stereocenters. The maximum absolute atomic E-state index is 11.7. The molecule has 0 fully saturated rings. The number of rotatable bonds is 6. The third kappa shape index (κ3) is 4.97. The molecule has 0 saturated heterocycles. The molecule has 5 nitrogen and oxygen atoms in total. The van der Waals surface area contributed by atoms with Gasteiger partial charge in [0.2, 0.25) is 11.8 Å². The molecule has 0 aliphatic rings. The van der Waals surface area contributed by atoms with Crippen LogP contribution in [-0.4, -0.2) is 43.9 Å². The molecule has 0 spiro atoms. The molecule has 1 aromatic rings. The molecule has 0 radical (unpaired) electrons. The molecule has 0 atom stereocenters. The Kier molecular flexibility index (Phi) is 5.87. The third-order valence-corrected chi connectivity index (χ3v) is 2.45. The molecule has 98 valence electrons. The van der Waals surface area contributed by atoms with Crippen LogP contribution in [0.2, 0.25) is 0 Å². The summed E-state index contributed by atoms with van der Waals surface area (Å²) in [6.07, 6.45) is 0.394. The highest BCUT2D eigenvalue weighted by molar-refractivity contribution is 5.94. The number of amides is 2. The Bertz CT molecular complexity index is 392. The van der Waals surface area contributed by atoms with Crippen LogP contribution in [0.15, 0.2) is 30.3 Å². The molecule has 1 rings (SSSR count). The lowest BCUT2D eigenvalue weighted by molar-refractivity contribution is -0.133. The van der Waals surface area contributed by atoms with Crippen molar-refractivity contribution in [3.8, 4) is 0 Å². The molecule has 0 aliphatic heterocycles. The number of nitrogens with one attached hydrogen (secondary N) is 2. The van der Waals surface area contributed by atoms with Crippen LogP contribution >= 0.6 is 0 Å². The zero-order valence-electron chi connectivity index (χ0n) is 10.8. The lowest BCUT2D eigenvalue weighted by Crippen LogP contribution is -2.36. The lowest BCUT2D eigenvalue weighted by Gasteiger charge is -2.16. The molecule has 1 aromatic carbocycles. The van der Waals surface area contributed by atoms with Crippen molar-refractivity contribution in [1.29, 1.82) is 0 Å². The van der Waals surface area contributed by atoms with E-state index >= 15 is 0 Å². The van der Waals surface area contributed by atoms with Crippen molar-refractivity contribution >= 4 is 17.5 Å². The quantitative estimate of drug-likeness (QED) is 0.780. The number of anilines is 1. The molecular formula is C13H19N3O2. The number of carbonyl (C=O) groups excluding carboxylic acids is 2. The van der Waals surface area contributed by atoms with Crippen LogP contribution < -0.4 is 10.6 Å². The summed E-state index contributed by atoms with van der Waals surface area (Å²) in [7, 11) is 3.41. The van der Waals surface area contributed by atoms with Crippen molar-refractivity contribution < 1.29 is 9.59 Å². The van der Waals surface area contributed by atoms with Gasteiger partial charge in [0.15, 0.2) is 0 Å². The van der Waals surface area contributed by atoms with Crippen LogP contribution in [0.3, 0.4) is 0 Å². The average molecular weight is 249 g/mol. The minimum absolute atomic E-state index is 0.0486. The van der Waals surface area contributed by atoms with Crippen LogP contribution in [0.4, 0.5) is 5.69 Å². The molecule has 0 saturated carbocycles. The largest absolute Gasteiger partial charge is 0.336 e. The second kappa shape index (κ2) is 7.45. The summed E-state index contributed by atoms with van der Waals surface area (Å²) in [5.74, 6) is -0.242. The summed E-state index contributed by atoms with van der Waals surface area (Å²) in [6.45, 7) is 0.681. The van der Waals surface area contributed by atoms with Gasteiger partial charge in [-0.25, -0.2) is 0 Å². The summed E-state index contributed by atoms with van der Waals surface area (Å²) in [4.78, 5) is 24.7. The van der Waals surface area contributed by atoms with E-state index in [-0.39, 0.29) is 18.4 Å². The normalized spacial score (nSPS) is 9.89. The number of benzene rings is 1. The van der Waals surface area contributed by atoms with Gasteiger partial charge in [-0.15, -0.1) is 0 Å². The van der Waals surface area contributed by atoms with Gasteiger partial charge in [-0.2, -0.15) is 0 Å². The van der Waals surface area contributed by atoms with E-state index in [2.05, 4.69) is 10.6 Å². The fourth-order valence-corrected chi connectivity index (χ4v) is 1.45. The molecule has 0 bridgehead atoms. The summed E-state index contributed by atoms with van der Waals surface area (Å²) in [6, 6.07) is 9.18. The summed E-state index contributed by atoms with van der Waals surface area (Å²) in [5.41, 5.74) is 0.735. The van der Waals surface area contributed by atoms with E-state index in [1.165, 1.54) is 4.90 Å². The van der Waals surface area contributed by atoms with Gasteiger partial charge in [-0.1, -0.05) is 18.2 Å². The van der Waals surface area contributed by atoms with E-state index in [1.807, 2.05) is 18.2 Å². The number of carbonyl (C=O) groups is 2. The highest BCUT2D eigenvalue weighted by atomic mass is 16.2. The van der Waals surface area contributed by atoms with Gasteiger partial charge >= 0.3 is 0 Å². The van der Waals surface area contributed by atoms with Gasteiger partial charge in [-0.3, -0.25) is 9.59 Å². The first-order valence-electron chi connectivity index (χ1n) is 5.87. The van der Waals surface area contributed by atoms with Crippen molar-refractivity contribution in [3.05, 3.63) is 30.3 Å². The number of hydrogen-bond donors (Lipinski definition) is 2. The van der Waals surface area contributed by atoms with Crippen LogP contribution in [-0.2, 0) is 9.59 Å². The van der Waals surface area contributed by atoms with Crippen LogP contribution in [0.5, 0.6) is 0 Å². The lowest BCUT2D eigenvalue weighted by atomic mass is 10.3. The molecule has 5 heteroatoms. The predicted molar refractivity (Wildman–Crippen MR) is 71.3 cm³/mol. The van der Waals surface area contributed by atoms with Crippen LogP contribution in [0.25, 0.3) is 0 Å². The van der Waals surface area contributed by atoms with Crippen molar-refractivity contribution in [3.63, 3.8) is 0 Å². The van der Waals surface area contributed by atoms with E-state index in [0.29, 0.717) is 13.0 Å². The Morgan fingerprint density at radius 3 is 2.50 bits per heavy atom. The number of para-hydroxylation sites is 1. The van der Waals surface area contributed by atoms with Gasteiger partial charge < -0.3 is 15.5 Å². The molecule has 0 aliphatic carbocycles. The first-order valence-corrected chi connectivity index (χ1v) is 5.87. The number of nitrogens with zero attached hydrogens (tertiary/aromatic N) is 1. The number of hydrogen-bond acceptors (Lipinski definition) is 3. The minimum atomic E-state index is -0.193. The molecule has 0 aromatic heterocycles. The van der Waals surface area contributed by atoms with Crippen LogP contribution in [0, 0.1) is 0 Å². The van der Waals surface area contributed by atoms with Gasteiger partial charge in [0.25, 0.3) is 0 Å². The molecule has 2 amide bonds. The zero-order chi connectivity index (χ0) is 13.4. The fraction of sp³-hybridized carbons (Fsp3) is 0.385. The van der Waals surface area contributed by atoms with E-state index in [0.717, 1.165) is 5.69 Å². The van der Waals surface area contributed by atoms with Crippen molar-refractivity contribution in [2.75, 3.05) is 32.5 Å². The van der Waals surface area contributed by atoms with Crippen molar-refractivity contribution in [2.24, 2.45) is 0 Å². The number of likely N-dealkylation sites (N-methyl/N-ethyl adjacent to an activating group) is 1. The maximum Gasteiger partial charge on any atom is 0.243 e. The standard InChI is InChI=1S/C13H19N3O2/c1-14-9-8-13(18)16(2)10-12(17)15-11-6-4-3-5-7-11/h3-7,14H,8-10H2,1-2H3,(H,15,17). The first-order chi connectivity index (χ1) is 8.63. The maximum atomic E-state index is 11.7. The van der Waals surface area contributed by atoms with Crippen molar-refractivity contribution in [2.45, 2.75) is 6.42 Å². The first kappa shape index (κ1) is 14.2. The van der Waals surface area contributed by atoms with Gasteiger partial charge in [0, 0.05) is 25.7 Å². The SMILES string of the molecule is CNCCC(=O)N(C)CC(=O)Nc1ccccc1. The smallest absolute Gasteiger partial charge is 0.243 e. The Labute approximate surface area is 107 Å². The third-order valence-electron chi connectivity index (χ3n) is 2.45. The molecular weight excluding hydrogens is 230 g/mol. The van der Waals surface area contributed by atoms with Crippen molar-refractivity contribution in [1.82, 2.24) is 10.2 Å². The second-order valence-electron chi connectivity index (χ2n) is 4.02. The minimum Gasteiger partial charge on any atom is -0.336 e. The van der Waals surface area contributed by atoms with E-state index < -0.39 is 0 Å². The molecule has 2 N–H and O–H groups in total. The Morgan fingerprint density at radius 2 is 1.89 bits per heavy atom. The average Bonchev–Trinajstić information content (AvgIpc) is 2.36. The van der Waals surface area contributed by atoms with E-state index in [1.54, 1.807) is 26.2 Å². The summed E-state index contributed by atoms with van der Waals surface area (Å²) in [5, 5.41) is 5.63. The highest BCUT2D eigenvalue weighted by Gasteiger charge is 2.12. The Hall–Kier alpha value is -1.88. The monoisotopic (exact) mass is 249 g/mol. The zero-order valence-corrected chi connectivity index (χ0v) is 10.8. The van der Waals surface area contributed by atoms with Gasteiger partial charge in [-0.05, 0) is 19.2 Å². The Morgan fingerprint density at radius 1 is 1.22 bits per heavy atom. The summed E-state index contributed by atoms with van der Waals surface area (Å²) >= 11 is 0. The highest BCUT2D eigenvalue weighted by Crippen LogP contribution is 2.04. The predicted octanol–water partition coefficient (Wildman–Crippen LogP) is 0.693. The van der Waals surface area contributed by atoms with E-state index in [4.69, 9.17) is 0 Å². The molecule has 0 heterocycles. The van der Waals surface area contributed by atoms with Crippen LogP contribution in [0.1, 0.15) is 6.42 Å². The van der Waals surface area contributed by atoms with E-state index in [9.17, 15) is 9.59 Å². The Balaban J connectivity index is 2.38. The summed E-state index contributed by atoms with van der Waals surface area (Å²) < 4.78 is 0.